The number of amides is 2. The summed E-state index contributed by atoms with van der Waals surface area (Å²) in [6, 6.07) is 0. The smallest absolute Gasteiger partial charge is 0.410 e. The molecule has 0 N–H and O–H groups in total. The second kappa shape index (κ2) is 6.35. The van der Waals surface area contributed by atoms with Gasteiger partial charge in [-0.1, -0.05) is 0 Å². The van der Waals surface area contributed by atoms with Gasteiger partial charge >= 0.3 is 12.1 Å². The van der Waals surface area contributed by atoms with Crippen molar-refractivity contribution in [1.82, 2.24) is 9.80 Å². The summed E-state index contributed by atoms with van der Waals surface area (Å²) in [6.07, 6.45) is 4.08. The molecule has 2 fully saturated rings. The Morgan fingerprint density at radius 2 is 1.80 bits per heavy atom. The fourth-order valence-corrected chi connectivity index (χ4v) is 3.72. The van der Waals surface area contributed by atoms with Crippen LogP contribution in [-0.2, 0) is 19.1 Å². The van der Waals surface area contributed by atoms with Crippen molar-refractivity contribution in [3.8, 4) is 0 Å². The summed E-state index contributed by atoms with van der Waals surface area (Å²) >= 11 is 0. The van der Waals surface area contributed by atoms with Crippen molar-refractivity contribution < 1.29 is 23.9 Å². The zero-order chi connectivity index (χ0) is 18.2. The van der Waals surface area contributed by atoms with Crippen molar-refractivity contribution >= 4 is 18.0 Å². The van der Waals surface area contributed by atoms with Crippen LogP contribution in [-0.4, -0.2) is 59.6 Å². The number of rotatable bonds is 1. The Balaban J connectivity index is 1.56. The number of carbonyl (C=O) groups is 3. The summed E-state index contributed by atoms with van der Waals surface area (Å²) in [5.41, 5.74) is 0.120. The Bertz CT molecular complexity index is 611. The lowest BCUT2D eigenvalue weighted by atomic mass is 9.71. The lowest BCUT2D eigenvalue weighted by Crippen LogP contribution is -2.50. The van der Waals surface area contributed by atoms with E-state index in [0.29, 0.717) is 31.8 Å². The fraction of sp³-hybridized carbons (Fsp3) is 0.722. The summed E-state index contributed by atoms with van der Waals surface area (Å²) in [4.78, 5) is 39.4. The van der Waals surface area contributed by atoms with Gasteiger partial charge in [-0.15, -0.1) is 0 Å². The molecule has 0 atom stereocenters. The molecule has 2 amide bonds. The van der Waals surface area contributed by atoms with Crippen molar-refractivity contribution in [2.45, 2.75) is 52.1 Å². The number of esters is 1. The molecular weight excluding hydrogens is 324 g/mol. The van der Waals surface area contributed by atoms with Crippen LogP contribution in [0.2, 0.25) is 0 Å². The molecule has 0 radical (unpaired) electrons. The highest BCUT2D eigenvalue weighted by atomic mass is 16.6. The maximum absolute atomic E-state index is 12.6. The summed E-state index contributed by atoms with van der Waals surface area (Å²) < 4.78 is 10.3. The van der Waals surface area contributed by atoms with Gasteiger partial charge in [0.05, 0.1) is 5.70 Å². The quantitative estimate of drug-likeness (QED) is 0.677. The monoisotopic (exact) mass is 350 g/mol. The molecule has 1 spiro atoms. The van der Waals surface area contributed by atoms with Crippen molar-refractivity contribution in [3.05, 3.63) is 11.8 Å². The highest BCUT2D eigenvalue weighted by Gasteiger charge is 2.43. The number of piperidine rings is 2. The Kier molecular flexibility index (Phi) is 4.51. The standard InChI is InChI=1S/C18H26N2O5/c1-17(2,3)25-16(23)19-7-4-18(5-8-19)6-9-20(14(21)11-18)13-10-15(22)24-12-13/h10H,4-9,11-12H2,1-3H3. The number of hydrogen-bond donors (Lipinski definition) is 0. The molecule has 0 aliphatic carbocycles. The van der Waals surface area contributed by atoms with Crippen LogP contribution in [0.1, 0.15) is 46.5 Å². The molecule has 0 unspecified atom stereocenters. The minimum absolute atomic E-state index is 0.0431. The first-order valence-corrected chi connectivity index (χ1v) is 8.83. The average Bonchev–Trinajstić information content (AvgIpc) is 2.92. The minimum Gasteiger partial charge on any atom is -0.456 e. The van der Waals surface area contributed by atoms with Gasteiger partial charge in [0.2, 0.25) is 5.91 Å². The van der Waals surface area contributed by atoms with E-state index in [4.69, 9.17) is 9.47 Å². The van der Waals surface area contributed by atoms with Crippen LogP contribution in [0.4, 0.5) is 4.79 Å². The van der Waals surface area contributed by atoms with E-state index in [1.165, 1.54) is 6.08 Å². The van der Waals surface area contributed by atoms with Crippen molar-refractivity contribution in [3.63, 3.8) is 0 Å². The number of likely N-dealkylation sites (tertiary alicyclic amines) is 2. The highest BCUT2D eigenvalue weighted by Crippen LogP contribution is 2.42. The van der Waals surface area contributed by atoms with Crippen LogP contribution < -0.4 is 0 Å². The maximum atomic E-state index is 12.6. The van der Waals surface area contributed by atoms with E-state index in [2.05, 4.69) is 0 Å². The number of hydrogen-bond acceptors (Lipinski definition) is 5. The van der Waals surface area contributed by atoms with Crippen LogP contribution in [0.15, 0.2) is 11.8 Å². The second-order valence-electron chi connectivity index (χ2n) is 8.18. The zero-order valence-corrected chi connectivity index (χ0v) is 15.2. The van der Waals surface area contributed by atoms with Gasteiger partial charge in [-0.2, -0.15) is 0 Å². The minimum atomic E-state index is -0.498. The predicted molar refractivity (Wildman–Crippen MR) is 89.5 cm³/mol. The molecule has 0 aromatic rings. The average molecular weight is 350 g/mol. The molecule has 138 valence electrons. The lowest BCUT2D eigenvalue weighted by Gasteiger charge is -2.46. The van der Waals surface area contributed by atoms with Gasteiger partial charge in [-0.25, -0.2) is 9.59 Å². The molecule has 2 saturated heterocycles. The van der Waals surface area contributed by atoms with E-state index in [1.807, 2.05) is 20.8 Å². The molecule has 3 rings (SSSR count). The summed E-state index contributed by atoms with van der Waals surface area (Å²) in [7, 11) is 0. The number of nitrogens with zero attached hydrogens (tertiary/aromatic N) is 2. The topological polar surface area (TPSA) is 76.2 Å². The third-order valence-electron chi connectivity index (χ3n) is 5.16. The first-order valence-electron chi connectivity index (χ1n) is 8.83. The van der Waals surface area contributed by atoms with E-state index < -0.39 is 5.60 Å². The van der Waals surface area contributed by atoms with Crippen molar-refractivity contribution in [2.75, 3.05) is 26.2 Å². The molecule has 3 aliphatic heterocycles. The first-order chi connectivity index (χ1) is 11.7. The predicted octanol–water partition coefficient (Wildman–Crippen LogP) is 2.07. The maximum Gasteiger partial charge on any atom is 0.410 e. The normalized spacial score (nSPS) is 23.6. The molecule has 3 aliphatic rings. The van der Waals surface area contributed by atoms with E-state index in [0.717, 1.165) is 19.3 Å². The Hall–Kier alpha value is -2.05. The third-order valence-corrected chi connectivity index (χ3v) is 5.16. The third kappa shape index (κ3) is 3.96. The highest BCUT2D eigenvalue weighted by molar-refractivity contribution is 5.88. The Morgan fingerprint density at radius 3 is 2.32 bits per heavy atom. The Morgan fingerprint density at radius 1 is 1.16 bits per heavy atom. The SMILES string of the molecule is CC(C)(C)OC(=O)N1CCC2(CC1)CCN(C1=CC(=O)OC1)C(=O)C2. The summed E-state index contributed by atoms with van der Waals surface area (Å²) in [5, 5.41) is 0. The van der Waals surface area contributed by atoms with E-state index in [-0.39, 0.29) is 30.0 Å². The van der Waals surface area contributed by atoms with Crippen molar-refractivity contribution in [2.24, 2.45) is 5.41 Å². The number of cyclic esters (lactones) is 1. The van der Waals surface area contributed by atoms with Crippen LogP contribution >= 0.6 is 0 Å². The molecule has 25 heavy (non-hydrogen) atoms. The van der Waals surface area contributed by atoms with Gasteiger partial charge in [-0.3, -0.25) is 4.79 Å². The van der Waals surface area contributed by atoms with Gasteiger partial charge in [-0.05, 0) is 45.4 Å². The molecule has 0 aromatic carbocycles. The number of carbonyl (C=O) groups excluding carboxylic acids is 3. The zero-order valence-electron chi connectivity index (χ0n) is 15.2. The van der Waals surface area contributed by atoms with Crippen LogP contribution in [0.5, 0.6) is 0 Å². The summed E-state index contributed by atoms with van der Waals surface area (Å²) in [5.74, 6) is -0.338. The molecule has 7 nitrogen and oxygen atoms in total. The van der Waals surface area contributed by atoms with Gasteiger partial charge < -0.3 is 19.3 Å². The van der Waals surface area contributed by atoms with Gasteiger partial charge in [0, 0.05) is 32.1 Å². The summed E-state index contributed by atoms with van der Waals surface area (Å²) in [6.45, 7) is 7.60. The second-order valence-corrected chi connectivity index (χ2v) is 8.18. The van der Waals surface area contributed by atoms with Gasteiger partial charge in [0.15, 0.2) is 0 Å². The molecule has 0 saturated carbocycles. The fourth-order valence-electron chi connectivity index (χ4n) is 3.72. The van der Waals surface area contributed by atoms with Gasteiger partial charge in [0.1, 0.15) is 12.2 Å². The van der Waals surface area contributed by atoms with E-state index >= 15 is 0 Å². The largest absolute Gasteiger partial charge is 0.456 e. The number of ether oxygens (including phenoxy) is 2. The Labute approximate surface area is 147 Å². The molecule has 0 bridgehead atoms. The molecule has 7 heteroatoms. The first kappa shape index (κ1) is 17.8. The van der Waals surface area contributed by atoms with Crippen LogP contribution in [0.3, 0.4) is 0 Å². The molecular formula is C18H26N2O5. The molecule has 0 aromatic heterocycles. The molecule has 3 heterocycles. The van der Waals surface area contributed by atoms with Crippen LogP contribution in [0.25, 0.3) is 0 Å². The van der Waals surface area contributed by atoms with E-state index in [1.54, 1.807) is 9.80 Å². The van der Waals surface area contributed by atoms with E-state index in [9.17, 15) is 14.4 Å². The lowest BCUT2D eigenvalue weighted by molar-refractivity contribution is -0.139. The van der Waals surface area contributed by atoms with Gasteiger partial charge in [0.25, 0.3) is 0 Å². The van der Waals surface area contributed by atoms with Crippen LogP contribution in [0, 0.1) is 5.41 Å². The van der Waals surface area contributed by atoms with Crippen molar-refractivity contribution in [1.29, 1.82) is 0 Å².